The first-order chi connectivity index (χ1) is 8.89. The topological polar surface area (TPSA) is 49.8 Å². The molecule has 1 aromatic rings. The average molecular weight is 261 g/mol. The number of nitrogens with zero attached hydrogens (tertiary/aromatic N) is 1. The molecule has 4 nitrogen and oxygen atoms in total. The number of amides is 1. The zero-order chi connectivity index (χ0) is 13.8. The number of carbonyl (C=O) groups excluding carboxylic acids is 1. The molecule has 0 saturated carbocycles. The Labute approximate surface area is 113 Å². The molecule has 2 aliphatic rings. The van der Waals surface area contributed by atoms with Crippen LogP contribution >= 0.6 is 0 Å². The lowest BCUT2D eigenvalue weighted by atomic mass is 9.93. The molecule has 102 valence electrons. The van der Waals surface area contributed by atoms with E-state index in [4.69, 9.17) is 4.74 Å². The summed E-state index contributed by atoms with van der Waals surface area (Å²) in [5, 5.41) is 9.73. The van der Waals surface area contributed by atoms with E-state index in [1.807, 2.05) is 19.1 Å². The number of hydrogen-bond donors (Lipinski definition) is 1. The van der Waals surface area contributed by atoms with Crippen LogP contribution in [0.15, 0.2) is 18.2 Å². The standard InChI is InChI=1S/C15H19NO3/c1-9-10(2)19-13-11(9)5-4-6-12(13)14(17)16-7-15(3,18)8-16/h4-6,9-10,18H,7-8H2,1-3H3. The van der Waals surface area contributed by atoms with E-state index in [0.29, 0.717) is 24.6 Å². The van der Waals surface area contributed by atoms with Crippen LogP contribution in [0.1, 0.15) is 42.6 Å². The minimum Gasteiger partial charge on any atom is -0.489 e. The van der Waals surface area contributed by atoms with E-state index in [-0.39, 0.29) is 12.0 Å². The number of likely N-dealkylation sites (tertiary alicyclic amines) is 1. The van der Waals surface area contributed by atoms with Crippen molar-refractivity contribution in [1.29, 1.82) is 0 Å². The van der Waals surface area contributed by atoms with Gasteiger partial charge in [0.05, 0.1) is 24.3 Å². The van der Waals surface area contributed by atoms with E-state index in [1.165, 1.54) is 0 Å². The highest BCUT2D eigenvalue weighted by Gasteiger charge is 2.41. The lowest BCUT2D eigenvalue weighted by Crippen LogP contribution is -2.61. The van der Waals surface area contributed by atoms with Crippen LogP contribution in [0.4, 0.5) is 0 Å². The predicted molar refractivity (Wildman–Crippen MR) is 71.5 cm³/mol. The number of aliphatic hydroxyl groups is 1. The molecule has 3 rings (SSSR count). The summed E-state index contributed by atoms with van der Waals surface area (Å²) in [6.45, 7) is 6.65. The summed E-state index contributed by atoms with van der Waals surface area (Å²) in [4.78, 5) is 14.1. The molecule has 2 heterocycles. The molecule has 2 atom stereocenters. The van der Waals surface area contributed by atoms with Crippen LogP contribution < -0.4 is 4.74 Å². The maximum atomic E-state index is 12.4. The summed E-state index contributed by atoms with van der Waals surface area (Å²) >= 11 is 0. The summed E-state index contributed by atoms with van der Waals surface area (Å²) in [6.07, 6.45) is 0.100. The number of rotatable bonds is 1. The number of para-hydroxylation sites is 1. The van der Waals surface area contributed by atoms with E-state index in [9.17, 15) is 9.90 Å². The van der Waals surface area contributed by atoms with E-state index in [2.05, 4.69) is 6.92 Å². The van der Waals surface area contributed by atoms with Crippen LogP contribution in [0.5, 0.6) is 5.75 Å². The monoisotopic (exact) mass is 261 g/mol. The SMILES string of the molecule is CC1Oc2c(C(=O)N3CC(C)(O)C3)cccc2C1C. The van der Waals surface area contributed by atoms with Gasteiger partial charge >= 0.3 is 0 Å². The third kappa shape index (κ3) is 1.91. The molecular formula is C15H19NO3. The van der Waals surface area contributed by atoms with Gasteiger partial charge < -0.3 is 14.7 Å². The van der Waals surface area contributed by atoms with Crippen LogP contribution in [0.25, 0.3) is 0 Å². The molecule has 1 amide bonds. The van der Waals surface area contributed by atoms with Gasteiger partial charge in [-0.2, -0.15) is 0 Å². The lowest BCUT2D eigenvalue weighted by Gasteiger charge is -2.44. The molecule has 0 aliphatic carbocycles. The zero-order valence-corrected chi connectivity index (χ0v) is 11.5. The molecule has 1 saturated heterocycles. The van der Waals surface area contributed by atoms with Gasteiger partial charge in [-0.1, -0.05) is 19.1 Å². The van der Waals surface area contributed by atoms with Gasteiger partial charge in [0.1, 0.15) is 11.9 Å². The average Bonchev–Trinajstić information content (AvgIpc) is 2.61. The van der Waals surface area contributed by atoms with Gasteiger partial charge in [-0.25, -0.2) is 0 Å². The van der Waals surface area contributed by atoms with Gasteiger partial charge in [0, 0.05) is 11.5 Å². The van der Waals surface area contributed by atoms with Gasteiger partial charge in [0.25, 0.3) is 5.91 Å². The van der Waals surface area contributed by atoms with Crippen LogP contribution in [0, 0.1) is 0 Å². The van der Waals surface area contributed by atoms with Gasteiger partial charge in [-0.3, -0.25) is 4.79 Å². The highest BCUT2D eigenvalue weighted by molar-refractivity contribution is 5.98. The first-order valence-electron chi connectivity index (χ1n) is 6.70. The second kappa shape index (κ2) is 3.97. The minimum atomic E-state index is -0.741. The van der Waals surface area contributed by atoms with Crippen molar-refractivity contribution >= 4 is 5.91 Å². The molecule has 1 aromatic carbocycles. The molecule has 2 unspecified atom stereocenters. The maximum Gasteiger partial charge on any atom is 0.257 e. The van der Waals surface area contributed by atoms with Crippen molar-refractivity contribution in [2.45, 2.75) is 38.4 Å². The Bertz CT molecular complexity index is 530. The first-order valence-corrected chi connectivity index (χ1v) is 6.70. The molecular weight excluding hydrogens is 242 g/mol. The van der Waals surface area contributed by atoms with E-state index < -0.39 is 5.60 Å². The van der Waals surface area contributed by atoms with Crippen LogP contribution in [-0.4, -0.2) is 40.7 Å². The first kappa shape index (κ1) is 12.5. The fraction of sp³-hybridized carbons (Fsp3) is 0.533. The third-order valence-electron chi connectivity index (χ3n) is 4.12. The van der Waals surface area contributed by atoms with E-state index >= 15 is 0 Å². The molecule has 0 aromatic heterocycles. The molecule has 0 bridgehead atoms. The molecule has 1 fully saturated rings. The Morgan fingerprint density at radius 3 is 2.74 bits per heavy atom. The molecule has 19 heavy (non-hydrogen) atoms. The fourth-order valence-electron chi connectivity index (χ4n) is 2.84. The van der Waals surface area contributed by atoms with Crippen molar-refractivity contribution in [3.63, 3.8) is 0 Å². The predicted octanol–water partition coefficient (Wildman–Crippen LogP) is 1.78. The van der Waals surface area contributed by atoms with Crippen molar-refractivity contribution in [3.05, 3.63) is 29.3 Å². The fourth-order valence-corrected chi connectivity index (χ4v) is 2.84. The summed E-state index contributed by atoms with van der Waals surface area (Å²) < 4.78 is 5.83. The van der Waals surface area contributed by atoms with Gasteiger partial charge in [0.15, 0.2) is 0 Å². The molecule has 4 heteroatoms. The van der Waals surface area contributed by atoms with Crippen LogP contribution in [0.2, 0.25) is 0 Å². The Hall–Kier alpha value is -1.55. The minimum absolute atomic E-state index is 0.0512. The normalized spacial score (nSPS) is 27.5. The lowest BCUT2D eigenvalue weighted by molar-refractivity contribution is -0.0669. The highest BCUT2D eigenvalue weighted by atomic mass is 16.5. The van der Waals surface area contributed by atoms with Gasteiger partial charge in [-0.05, 0) is 19.9 Å². The summed E-state index contributed by atoms with van der Waals surface area (Å²) in [5.41, 5.74) is 0.976. The van der Waals surface area contributed by atoms with Crippen molar-refractivity contribution < 1.29 is 14.6 Å². The molecule has 0 spiro atoms. The van der Waals surface area contributed by atoms with Crippen LogP contribution in [0.3, 0.4) is 0 Å². The van der Waals surface area contributed by atoms with Crippen molar-refractivity contribution in [3.8, 4) is 5.75 Å². The van der Waals surface area contributed by atoms with E-state index in [1.54, 1.807) is 17.9 Å². The Kier molecular flexibility index (Phi) is 2.61. The van der Waals surface area contributed by atoms with Crippen molar-refractivity contribution in [2.75, 3.05) is 13.1 Å². The van der Waals surface area contributed by atoms with Crippen molar-refractivity contribution in [1.82, 2.24) is 4.90 Å². The molecule has 1 N–H and O–H groups in total. The van der Waals surface area contributed by atoms with Gasteiger partial charge in [0.2, 0.25) is 0 Å². The number of hydrogen-bond acceptors (Lipinski definition) is 3. The number of benzene rings is 1. The highest BCUT2D eigenvalue weighted by Crippen LogP contribution is 2.41. The van der Waals surface area contributed by atoms with Crippen LogP contribution in [-0.2, 0) is 0 Å². The summed E-state index contributed by atoms with van der Waals surface area (Å²) in [5.74, 6) is 0.978. The number of fused-ring (bicyclic) bond motifs is 1. The maximum absolute atomic E-state index is 12.4. The summed E-state index contributed by atoms with van der Waals surface area (Å²) in [6, 6.07) is 5.73. The zero-order valence-electron chi connectivity index (χ0n) is 11.5. The second-order valence-electron chi connectivity index (χ2n) is 5.99. The molecule has 2 aliphatic heterocycles. The van der Waals surface area contributed by atoms with Crippen molar-refractivity contribution in [2.24, 2.45) is 0 Å². The Balaban J connectivity index is 1.89. The number of carbonyl (C=O) groups is 1. The second-order valence-corrected chi connectivity index (χ2v) is 5.99. The Morgan fingerprint density at radius 2 is 2.11 bits per heavy atom. The third-order valence-corrected chi connectivity index (χ3v) is 4.12. The Morgan fingerprint density at radius 1 is 1.42 bits per heavy atom. The van der Waals surface area contributed by atoms with Gasteiger partial charge in [-0.15, -0.1) is 0 Å². The quantitative estimate of drug-likeness (QED) is 0.838. The van der Waals surface area contributed by atoms with E-state index in [0.717, 1.165) is 11.3 Å². The smallest absolute Gasteiger partial charge is 0.257 e. The largest absolute Gasteiger partial charge is 0.489 e. The molecule has 0 radical (unpaired) electrons. The number of ether oxygens (including phenoxy) is 1. The summed E-state index contributed by atoms with van der Waals surface area (Å²) in [7, 11) is 0. The number of β-amino-alcohol motifs (C(OH)–C–C–N with tert-alkyl or cyclic N) is 1.